The molecule has 2 aliphatic rings. The smallest absolute Gasteiger partial charge is 0.410 e. The molecule has 0 N–H and O–H groups in total. The third-order valence-electron chi connectivity index (χ3n) is 13.2. The van der Waals surface area contributed by atoms with Crippen molar-refractivity contribution >= 4 is 35.9 Å². The van der Waals surface area contributed by atoms with E-state index in [2.05, 4.69) is 0 Å². The number of hydrogen-bond acceptors (Lipinski definition) is 14. The van der Waals surface area contributed by atoms with Crippen LogP contribution in [0, 0.1) is 52.4 Å². The van der Waals surface area contributed by atoms with Crippen molar-refractivity contribution in [2.45, 2.75) is 42.7 Å². The molecule has 83 heavy (non-hydrogen) atoms. The van der Waals surface area contributed by atoms with Crippen molar-refractivity contribution < 1.29 is 106 Å². The first-order valence-corrected chi connectivity index (χ1v) is 24.7. The Kier molecular flexibility index (Phi) is 17.6. The van der Waals surface area contributed by atoms with Crippen LogP contribution in [-0.2, 0) is 38.0 Å². The molecule has 7 aromatic rings. The summed E-state index contributed by atoms with van der Waals surface area (Å²) >= 11 is 0. The molecule has 1 fully saturated rings. The van der Waals surface area contributed by atoms with Crippen LogP contribution in [0.15, 0.2) is 146 Å². The summed E-state index contributed by atoms with van der Waals surface area (Å²) in [5, 5.41) is 0. The van der Waals surface area contributed by atoms with Crippen molar-refractivity contribution in [3.8, 4) is 16.9 Å². The summed E-state index contributed by atoms with van der Waals surface area (Å²) in [7, 11) is 0.871. The molecule has 0 bridgehead atoms. The van der Waals surface area contributed by atoms with Crippen LogP contribution >= 0.6 is 0 Å². The number of hydrogen-bond donors (Lipinski definition) is 0. The summed E-state index contributed by atoms with van der Waals surface area (Å²) < 4.78 is 176. The predicted molar refractivity (Wildman–Crippen MR) is 267 cm³/mol. The van der Waals surface area contributed by atoms with Crippen molar-refractivity contribution in [3.05, 3.63) is 231 Å². The molecule has 0 spiro atoms. The number of carbonyl (C=O) groups is 6. The van der Waals surface area contributed by atoms with Crippen LogP contribution in [-0.4, -0.2) is 104 Å². The fourth-order valence-corrected chi connectivity index (χ4v) is 8.90. The second-order valence-electron chi connectivity index (χ2n) is 18.4. The molecular formula is C59H40F9NO14. The highest BCUT2D eigenvalue weighted by Crippen LogP contribution is 2.45. The monoisotopic (exact) mass is 1160 g/mol. The molecule has 0 radical (unpaired) electrons. The Morgan fingerprint density at radius 1 is 0.470 bits per heavy atom. The van der Waals surface area contributed by atoms with Crippen molar-refractivity contribution in [1.29, 1.82) is 0 Å². The number of esters is 5. The topological polar surface area (TPSA) is 180 Å². The van der Waals surface area contributed by atoms with Gasteiger partial charge in [-0.3, -0.25) is 4.90 Å². The summed E-state index contributed by atoms with van der Waals surface area (Å²) in [6.45, 7) is -2.88. The Hall–Kier alpha value is -9.55. The van der Waals surface area contributed by atoms with E-state index in [0.717, 1.165) is 126 Å². The minimum atomic E-state index is -2.62. The van der Waals surface area contributed by atoms with E-state index in [9.17, 15) is 59.5 Å². The molecule has 1 amide bonds. The van der Waals surface area contributed by atoms with Gasteiger partial charge in [-0.2, -0.15) is 8.78 Å². The van der Waals surface area contributed by atoms with Crippen molar-refractivity contribution in [3.63, 3.8) is 0 Å². The molecule has 1 heterocycles. The van der Waals surface area contributed by atoms with E-state index in [-0.39, 0.29) is 11.1 Å². The highest BCUT2D eigenvalue weighted by molar-refractivity contribution is 5.92. The van der Waals surface area contributed by atoms with Crippen LogP contribution in [0.1, 0.15) is 58.5 Å². The average molecular weight is 1160 g/mol. The van der Waals surface area contributed by atoms with E-state index in [1.165, 1.54) is 0 Å². The molecule has 0 aromatic heterocycles. The number of benzene rings is 7. The SMILES string of the molecule is CN(C(=O)OCC1c2ccccc2-c2ccccc21)[C@@H](CO[C@@H]1O[C@H](COC(=O)c2ccc(F)cc2)[C@@H](OC(=O)c2ccc(F)cc2)[C@H](OC(=O)c2ccc(F)cc2)[C@H]1OC(=O)c1ccc(F)cc1)C(=O)Oc1c(F)c(F)c(F)c(F)c1F. The first-order valence-electron chi connectivity index (χ1n) is 24.7. The maximum Gasteiger partial charge on any atom is 0.410 e. The third-order valence-corrected chi connectivity index (χ3v) is 13.2. The predicted octanol–water partition coefficient (Wildman–Crippen LogP) is 10.4. The van der Waals surface area contributed by atoms with E-state index in [1.807, 2.05) is 12.1 Å². The molecule has 0 unspecified atom stereocenters. The van der Waals surface area contributed by atoms with Gasteiger partial charge in [-0.15, -0.1) is 0 Å². The number of fused-ring (bicyclic) bond motifs is 3. The zero-order chi connectivity index (χ0) is 59.2. The lowest BCUT2D eigenvalue weighted by Crippen LogP contribution is -2.63. The number of carbonyl (C=O) groups excluding carboxylic acids is 6. The maximum absolute atomic E-state index is 15.2. The highest BCUT2D eigenvalue weighted by Gasteiger charge is 2.54. The van der Waals surface area contributed by atoms with Crippen LogP contribution in [0.4, 0.5) is 44.3 Å². The van der Waals surface area contributed by atoms with Gasteiger partial charge in [-0.05, 0) is 119 Å². The van der Waals surface area contributed by atoms with E-state index >= 15 is 8.78 Å². The maximum atomic E-state index is 15.2. The minimum Gasteiger partial charge on any atom is -0.459 e. The Morgan fingerprint density at radius 3 is 1.33 bits per heavy atom. The van der Waals surface area contributed by atoms with Crippen LogP contribution < -0.4 is 4.74 Å². The number of amides is 1. The van der Waals surface area contributed by atoms with E-state index < -0.39 is 168 Å². The second kappa shape index (κ2) is 25.1. The molecule has 7 aromatic carbocycles. The van der Waals surface area contributed by atoms with Crippen LogP contribution in [0.3, 0.4) is 0 Å². The van der Waals surface area contributed by atoms with E-state index in [1.54, 1.807) is 36.4 Å². The molecule has 1 aliphatic carbocycles. The lowest BCUT2D eigenvalue weighted by Gasteiger charge is -2.44. The molecule has 6 atom stereocenters. The lowest BCUT2D eigenvalue weighted by molar-refractivity contribution is -0.300. The Morgan fingerprint density at radius 2 is 0.867 bits per heavy atom. The lowest BCUT2D eigenvalue weighted by atomic mass is 9.97. The first-order chi connectivity index (χ1) is 39.8. The molecule has 1 saturated heterocycles. The van der Waals surface area contributed by atoms with Crippen LogP contribution in [0.5, 0.6) is 5.75 Å². The number of halogens is 9. The summed E-state index contributed by atoms with van der Waals surface area (Å²) in [6.07, 6.45) is -12.5. The fourth-order valence-electron chi connectivity index (χ4n) is 8.90. The first kappa shape index (κ1) is 58.1. The normalized spacial score (nSPS) is 17.5. The minimum absolute atomic E-state index is 0.258. The summed E-state index contributed by atoms with van der Waals surface area (Å²) in [4.78, 5) is 84.6. The Bertz CT molecular complexity index is 3520. The quantitative estimate of drug-likeness (QED) is 0.0210. The molecule has 428 valence electrons. The number of rotatable bonds is 17. The molecule has 0 saturated carbocycles. The van der Waals surface area contributed by atoms with Gasteiger partial charge < -0.3 is 37.9 Å². The van der Waals surface area contributed by atoms with Gasteiger partial charge >= 0.3 is 35.9 Å². The van der Waals surface area contributed by atoms with Gasteiger partial charge in [-0.25, -0.2) is 59.5 Å². The highest BCUT2D eigenvalue weighted by atomic mass is 19.2. The summed E-state index contributed by atoms with van der Waals surface area (Å²) in [5.41, 5.74) is 1.61. The van der Waals surface area contributed by atoms with Gasteiger partial charge in [0.15, 0.2) is 30.6 Å². The molecule has 24 heteroatoms. The van der Waals surface area contributed by atoms with Gasteiger partial charge in [0, 0.05) is 13.0 Å². The fraction of sp³-hybridized carbons (Fsp3) is 0.186. The third kappa shape index (κ3) is 12.8. The average Bonchev–Trinajstić information content (AvgIpc) is 3.95. The molecule has 15 nitrogen and oxygen atoms in total. The second-order valence-corrected chi connectivity index (χ2v) is 18.4. The van der Waals surface area contributed by atoms with Crippen LogP contribution in [0.2, 0.25) is 0 Å². The van der Waals surface area contributed by atoms with Crippen molar-refractivity contribution in [2.24, 2.45) is 0 Å². The zero-order valence-corrected chi connectivity index (χ0v) is 42.6. The van der Waals surface area contributed by atoms with Gasteiger partial charge in [-0.1, -0.05) is 48.5 Å². The molecular weight excluding hydrogens is 1120 g/mol. The molecule has 9 rings (SSSR count). The van der Waals surface area contributed by atoms with Gasteiger partial charge in [0.2, 0.25) is 34.8 Å². The number of ether oxygens (including phenoxy) is 8. The Balaban J connectivity index is 1.11. The van der Waals surface area contributed by atoms with Crippen molar-refractivity contribution in [1.82, 2.24) is 4.90 Å². The summed E-state index contributed by atoms with van der Waals surface area (Å²) in [5.74, 6) is -26.1. The van der Waals surface area contributed by atoms with E-state index in [4.69, 9.17) is 37.9 Å². The van der Waals surface area contributed by atoms with E-state index in [0.29, 0.717) is 4.90 Å². The number of nitrogens with zero attached hydrogens (tertiary/aromatic N) is 1. The Labute approximate surface area is 463 Å². The number of likely N-dealkylation sites (N-methyl/N-ethyl adjacent to an activating group) is 1. The van der Waals surface area contributed by atoms with Crippen LogP contribution in [0.25, 0.3) is 11.1 Å². The van der Waals surface area contributed by atoms with Gasteiger partial charge in [0.1, 0.15) is 42.6 Å². The molecule has 1 aliphatic heterocycles. The van der Waals surface area contributed by atoms with Gasteiger partial charge in [0.05, 0.1) is 28.9 Å². The van der Waals surface area contributed by atoms with Gasteiger partial charge in [0.25, 0.3) is 0 Å². The van der Waals surface area contributed by atoms with Crippen molar-refractivity contribution in [2.75, 3.05) is 26.9 Å². The largest absolute Gasteiger partial charge is 0.459 e. The summed E-state index contributed by atoms with van der Waals surface area (Å²) in [6, 6.07) is 26.5. The zero-order valence-electron chi connectivity index (χ0n) is 42.6. The standard InChI is InChI=1S/C59H40F9NO14/c1-69(59(75)78-26-41-39-8-4-2-6-37(39)38-7-3-5-9-40(38)41)42(57(74)81-50-47(67)45(65)44(64)46(66)48(50)68)27-77-58-52(83-56(73)32-16-24-36(63)25-17-32)51(82-55(72)31-14-22-35(62)23-15-31)49(80-54(71)30-12-20-34(61)21-13-30)43(79-58)28-76-53(70)29-10-18-33(60)19-11-29/h2-25,41-43,49,51-52,58H,26-28H2,1H3/t42-,43+,49+,51-,52+,58+/m0/s1.